The minimum absolute atomic E-state index is 0.289. The summed E-state index contributed by atoms with van der Waals surface area (Å²) in [4.78, 5) is 21.4. The highest BCUT2D eigenvalue weighted by molar-refractivity contribution is 5.96. The van der Waals surface area contributed by atoms with Crippen LogP contribution >= 0.6 is 0 Å². The first-order valence-corrected chi connectivity index (χ1v) is 10.7. The lowest BCUT2D eigenvalue weighted by Crippen LogP contribution is -2.44. The molecule has 0 saturated carbocycles. The lowest BCUT2D eigenvalue weighted by Gasteiger charge is -2.32. The van der Waals surface area contributed by atoms with Crippen LogP contribution in [0.1, 0.15) is 26.3 Å². The van der Waals surface area contributed by atoms with E-state index in [2.05, 4.69) is 32.2 Å². The van der Waals surface area contributed by atoms with Crippen LogP contribution in [0.15, 0.2) is 36.5 Å². The van der Waals surface area contributed by atoms with Gasteiger partial charge in [-0.05, 0) is 31.3 Å². The largest absolute Gasteiger partial charge is 0.418 e. The van der Waals surface area contributed by atoms with E-state index in [0.29, 0.717) is 16.9 Å². The first-order valence-electron chi connectivity index (χ1n) is 10.7. The number of nitrogens with one attached hydrogen (secondary N) is 1. The van der Waals surface area contributed by atoms with Crippen LogP contribution in [0.4, 0.5) is 24.7 Å². The molecule has 10 heteroatoms. The fraction of sp³-hybridized carbons (Fsp3) is 0.435. The van der Waals surface area contributed by atoms with Crippen LogP contribution in [0.3, 0.4) is 0 Å². The Labute approximate surface area is 190 Å². The number of amides is 1. The molecule has 33 heavy (non-hydrogen) atoms. The number of rotatable bonds is 3. The zero-order chi connectivity index (χ0) is 24.0. The molecule has 2 aromatic heterocycles. The second-order valence-electron chi connectivity index (χ2n) is 9.37. The number of carbonyl (C=O) groups is 1. The Kier molecular flexibility index (Phi) is 5.81. The van der Waals surface area contributed by atoms with Gasteiger partial charge in [0, 0.05) is 37.2 Å². The van der Waals surface area contributed by atoms with Gasteiger partial charge in [0.25, 0.3) is 0 Å². The number of likely N-dealkylation sites (N-methyl/N-ethyl adjacent to an activating group) is 1. The first-order chi connectivity index (χ1) is 15.4. The normalized spacial score (nSPS) is 15.8. The Bertz CT molecular complexity index is 1170. The number of hydrogen-bond acceptors (Lipinski definition) is 5. The van der Waals surface area contributed by atoms with Gasteiger partial charge in [-0.3, -0.25) is 4.79 Å². The number of nitrogens with zero attached hydrogens (tertiary/aromatic N) is 5. The minimum Gasteiger partial charge on any atom is -0.353 e. The zero-order valence-electron chi connectivity index (χ0n) is 19.1. The molecule has 1 saturated heterocycles. The molecule has 3 heterocycles. The van der Waals surface area contributed by atoms with Crippen molar-refractivity contribution in [2.45, 2.75) is 26.9 Å². The maximum Gasteiger partial charge on any atom is 0.418 e. The van der Waals surface area contributed by atoms with Gasteiger partial charge < -0.3 is 15.1 Å². The molecule has 7 nitrogen and oxygen atoms in total. The first kappa shape index (κ1) is 23.0. The second kappa shape index (κ2) is 8.33. The summed E-state index contributed by atoms with van der Waals surface area (Å²) in [7, 11) is 2.08. The van der Waals surface area contributed by atoms with E-state index in [-0.39, 0.29) is 5.69 Å². The number of alkyl halides is 3. The molecule has 1 fully saturated rings. The Morgan fingerprint density at radius 2 is 1.73 bits per heavy atom. The van der Waals surface area contributed by atoms with Crippen molar-refractivity contribution in [2.24, 2.45) is 5.41 Å². The molecule has 0 atom stereocenters. The number of benzene rings is 1. The van der Waals surface area contributed by atoms with Crippen molar-refractivity contribution in [3.63, 3.8) is 0 Å². The summed E-state index contributed by atoms with van der Waals surface area (Å²) in [5.74, 6) is 0.323. The van der Waals surface area contributed by atoms with Crippen molar-refractivity contribution in [1.82, 2.24) is 19.5 Å². The number of imidazole rings is 1. The topological polar surface area (TPSA) is 65.8 Å². The lowest BCUT2D eigenvalue weighted by atomic mass is 9.95. The van der Waals surface area contributed by atoms with Gasteiger partial charge in [-0.2, -0.15) is 13.2 Å². The average molecular weight is 461 g/mol. The van der Waals surface area contributed by atoms with Gasteiger partial charge in [-0.25, -0.2) is 9.50 Å². The molecule has 0 spiro atoms. The van der Waals surface area contributed by atoms with Crippen molar-refractivity contribution >= 4 is 23.1 Å². The summed E-state index contributed by atoms with van der Waals surface area (Å²) in [6.07, 6.45) is -2.91. The predicted octanol–water partition coefficient (Wildman–Crippen LogP) is 4.15. The maximum absolute atomic E-state index is 13.6. The van der Waals surface area contributed by atoms with Gasteiger partial charge >= 0.3 is 6.18 Å². The molecular formula is C23H27F3N6O. The van der Waals surface area contributed by atoms with Crippen LogP contribution in [-0.2, 0) is 11.0 Å². The van der Waals surface area contributed by atoms with Gasteiger partial charge in [0.05, 0.1) is 23.1 Å². The van der Waals surface area contributed by atoms with E-state index in [9.17, 15) is 18.0 Å². The Morgan fingerprint density at radius 1 is 1.03 bits per heavy atom. The van der Waals surface area contributed by atoms with Gasteiger partial charge in [0.15, 0.2) is 5.65 Å². The second-order valence-corrected chi connectivity index (χ2v) is 9.37. The molecule has 1 aromatic carbocycles. The van der Waals surface area contributed by atoms with Crippen LogP contribution < -0.4 is 10.2 Å². The SMILES string of the molecule is CN1CCN(c2ccc3nc(-c4ccc(C(F)(F)F)c(NC(=O)C(C)(C)C)c4)cn3n2)CC1. The maximum atomic E-state index is 13.6. The number of fused-ring (bicyclic) bond motifs is 1. The van der Waals surface area contributed by atoms with Crippen molar-refractivity contribution in [2.75, 3.05) is 43.4 Å². The highest BCUT2D eigenvalue weighted by Gasteiger charge is 2.35. The van der Waals surface area contributed by atoms with E-state index < -0.39 is 23.1 Å². The van der Waals surface area contributed by atoms with E-state index in [0.717, 1.165) is 38.1 Å². The number of carbonyl (C=O) groups excluding carboxylic acids is 1. The fourth-order valence-electron chi connectivity index (χ4n) is 3.58. The molecule has 0 radical (unpaired) electrons. The van der Waals surface area contributed by atoms with Crippen LogP contribution in [0.25, 0.3) is 16.9 Å². The molecular weight excluding hydrogens is 433 g/mol. The van der Waals surface area contributed by atoms with E-state index >= 15 is 0 Å². The molecule has 3 aromatic rings. The number of hydrogen-bond donors (Lipinski definition) is 1. The van der Waals surface area contributed by atoms with E-state index in [1.165, 1.54) is 12.1 Å². The van der Waals surface area contributed by atoms with E-state index in [1.54, 1.807) is 31.5 Å². The predicted molar refractivity (Wildman–Crippen MR) is 121 cm³/mol. The van der Waals surface area contributed by atoms with E-state index in [4.69, 9.17) is 0 Å². The minimum atomic E-state index is -4.60. The van der Waals surface area contributed by atoms with Gasteiger partial charge in [0.1, 0.15) is 5.82 Å². The average Bonchev–Trinajstić information content (AvgIpc) is 3.16. The van der Waals surface area contributed by atoms with E-state index in [1.807, 2.05) is 12.1 Å². The highest BCUT2D eigenvalue weighted by Crippen LogP contribution is 2.37. The summed E-state index contributed by atoms with van der Waals surface area (Å²) < 4.78 is 42.3. The van der Waals surface area contributed by atoms with Crippen LogP contribution in [0.5, 0.6) is 0 Å². The van der Waals surface area contributed by atoms with Gasteiger partial charge in [-0.1, -0.05) is 26.8 Å². The fourth-order valence-corrected chi connectivity index (χ4v) is 3.58. The van der Waals surface area contributed by atoms with Crippen LogP contribution in [-0.4, -0.2) is 58.6 Å². The molecule has 0 bridgehead atoms. The van der Waals surface area contributed by atoms with Gasteiger partial charge in [-0.15, -0.1) is 5.10 Å². The monoisotopic (exact) mass is 460 g/mol. The van der Waals surface area contributed by atoms with Crippen LogP contribution in [0, 0.1) is 5.41 Å². The molecule has 1 aliphatic heterocycles. The standard InChI is InChI=1S/C23H27F3N6O/c1-22(2,3)21(33)28-17-13-15(5-6-16(17)23(24,25)26)18-14-32-19(27-18)7-8-20(29-32)31-11-9-30(4)10-12-31/h5-8,13-14H,9-12H2,1-4H3,(H,28,33). The Hall–Kier alpha value is -3.14. The van der Waals surface area contributed by atoms with Crippen molar-refractivity contribution in [3.8, 4) is 11.3 Å². The number of halogens is 3. The lowest BCUT2D eigenvalue weighted by molar-refractivity contribution is -0.137. The third-order valence-electron chi connectivity index (χ3n) is 5.68. The number of anilines is 2. The molecule has 1 aliphatic rings. The molecule has 0 unspecified atom stereocenters. The van der Waals surface area contributed by atoms with Crippen LogP contribution in [0.2, 0.25) is 0 Å². The highest BCUT2D eigenvalue weighted by atomic mass is 19.4. The van der Waals surface area contributed by atoms with Crippen molar-refractivity contribution in [1.29, 1.82) is 0 Å². The molecule has 4 rings (SSSR count). The molecule has 0 aliphatic carbocycles. The summed E-state index contributed by atoms with van der Waals surface area (Å²) in [5.41, 5.74) is -0.517. The molecule has 176 valence electrons. The van der Waals surface area contributed by atoms with Gasteiger partial charge in [0.2, 0.25) is 5.91 Å². The quantitative estimate of drug-likeness (QED) is 0.636. The zero-order valence-corrected chi connectivity index (χ0v) is 19.1. The summed E-state index contributed by atoms with van der Waals surface area (Å²) in [6.45, 7) is 8.56. The van der Waals surface area contributed by atoms with Crippen molar-refractivity contribution in [3.05, 3.63) is 42.1 Å². The third kappa shape index (κ3) is 4.95. The summed E-state index contributed by atoms with van der Waals surface area (Å²) in [6, 6.07) is 7.39. The smallest absolute Gasteiger partial charge is 0.353 e. The molecule has 1 N–H and O–H groups in total. The number of piperazine rings is 1. The summed E-state index contributed by atoms with van der Waals surface area (Å²) >= 11 is 0. The summed E-state index contributed by atoms with van der Waals surface area (Å²) in [5, 5.41) is 7.08. The Morgan fingerprint density at radius 3 is 2.36 bits per heavy atom. The molecule has 1 amide bonds. The Balaban J connectivity index is 1.68. The van der Waals surface area contributed by atoms with Crippen molar-refractivity contribution < 1.29 is 18.0 Å². The third-order valence-corrected chi connectivity index (χ3v) is 5.68. The number of aromatic nitrogens is 3.